The summed E-state index contributed by atoms with van der Waals surface area (Å²) < 4.78 is 1.79. The van der Waals surface area contributed by atoms with Crippen LogP contribution in [0.25, 0.3) is 11.0 Å². The van der Waals surface area contributed by atoms with Gasteiger partial charge in [-0.2, -0.15) is 5.10 Å². The highest BCUT2D eigenvalue weighted by molar-refractivity contribution is 7.09. The predicted molar refractivity (Wildman–Crippen MR) is 89.3 cm³/mol. The molecule has 0 aliphatic rings. The zero-order valence-corrected chi connectivity index (χ0v) is 13.9. The minimum Gasteiger partial charge on any atom is -0.369 e. The Morgan fingerprint density at radius 3 is 2.91 bits per heavy atom. The first-order valence-corrected chi connectivity index (χ1v) is 8.38. The molecule has 3 aromatic heterocycles. The first-order valence-electron chi connectivity index (χ1n) is 7.50. The summed E-state index contributed by atoms with van der Waals surface area (Å²) in [4.78, 5) is 14.8. The van der Waals surface area contributed by atoms with Crippen LogP contribution in [0.1, 0.15) is 29.7 Å². The number of hydrogen-bond acceptors (Lipinski definition) is 6. The van der Waals surface area contributed by atoms with Crippen molar-refractivity contribution in [2.24, 2.45) is 7.05 Å². The Kier molecular flexibility index (Phi) is 4.33. The highest BCUT2D eigenvalue weighted by atomic mass is 32.1. The van der Waals surface area contributed by atoms with Gasteiger partial charge in [-0.1, -0.05) is 6.92 Å². The molecule has 0 aliphatic heterocycles. The summed E-state index contributed by atoms with van der Waals surface area (Å²) in [5.74, 6) is 1.73. The van der Waals surface area contributed by atoms with Crippen molar-refractivity contribution in [1.29, 1.82) is 0 Å². The van der Waals surface area contributed by atoms with E-state index in [1.165, 1.54) is 4.88 Å². The highest BCUT2D eigenvalue weighted by Gasteiger charge is 2.10. The van der Waals surface area contributed by atoms with Crippen molar-refractivity contribution in [2.75, 3.05) is 11.9 Å². The summed E-state index contributed by atoms with van der Waals surface area (Å²) in [6, 6.07) is 0. The van der Waals surface area contributed by atoms with Crippen LogP contribution >= 0.6 is 11.3 Å². The lowest BCUT2D eigenvalue weighted by Crippen LogP contribution is -2.08. The fourth-order valence-electron chi connectivity index (χ4n) is 2.38. The van der Waals surface area contributed by atoms with Gasteiger partial charge >= 0.3 is 0 Å². The third-order valence-electron chi connectivity index (χ3n) is 3.67. The zero-order valence-electron chi connectivity index (χ0n) is 13.1. The molecule has 3 heterocycles. The van der Waals surface area contributed by atoms with Crippen LogP contribution in [0.4, 0.5) is 5.82 Å². The van der Waals surface area contributed by atoms with Gasteiger partial charge in [-0.05, 0) is 19.8 Å². The molecule has 0 spiro atoms. The van der Waals surface area contributed by atoms with Crippen molar-refractivity contribution in [2.45, 2.75) is 33.1 Å². The summed E-state index contributed by atoms with van der Waals surface area (Å²) in [7, 11) is 1.91. The molecule has 3 aromatic rings. The molecule has 22 heavy (non-hydrogen) atoms. The number of hydrogen-bond donors (Lipinski definition) is 1. The van der Waals surface area contributed by atoms with Crippen molar-refractivity contribution in [3.8, 4) is 0 Å². The van der Waals surface area contributed by atoms with E-state index >= 15 is 0 Å². The van der Waals surface area contributed by atoms with Crippen LogP contribution in [0.2, 0.25) is 0 Å². The average molecular weight is 316 g/mol. The zero-order chi connectivity index (χ0) is 15.5. The molecule has 3 rings (SSSR count). The Morgan fingerprint density at radius 2 is 2.18 bits per heavy atom. The SMILES string of the molecule is CCc1nc(NCCCc2scnc2C)c2cnn(C)c2n1. The molecule has 6 nitrogen and oxygen atoms in total. The van der Waals surface area contributed by atoms with Gasteiger partial charge < -0.3 is 5.32 Å². The fourth-order valence-corrected chi connectivity index (χ4v) is 3.21. The van der Waals surface area contributed by atoms with E-state index in [9.17, 15) is 0 Å². The molecule has 0 unspecified atom stereocenters. The van der Waals surface area contributed by atoms with Crippen molar-refractivity contribution in [3.63, 3.8) is 0 Å². The Balaban J connectivity index is 1.69. The van der Waals surface area contributed by atoms with Crippen molar-refractivity contribution in [1.82, 2.24) is 24.7 Å². The van der Waals surface area contributed by atoms with Crippen LogP contribution in [0, 0.1) is 6.92 Å². The number of rotatable bonds is 6. The summed E-state index contributed by atoms with van der Waals surface area (Å²) in [5, 5.41) is 8.70. The van der Waals surface area contributed by atoms with Crippen molar-refractivity contribution >= 4 is 28.2 Å². The summed E-state index contributed by atoms with van der Waals surface area (Å²) in [6.45, 7) is 5.01. The third-order valence-corrected chi connectivity index (χ3v) is 4.67. The topological polar surface area (TPSA) is 68.5 Å². The quantitative estimate of drug-likeness (QED) is 0.708. The van der Waals surface area contributed by atoms with Crippen LogP contribution in [-0.2, 0) is 19.9 Å². The van der Waals surface area contributed by atoms with E-state index in [1.54, 1.807) is 16.0 Å². The number of nitrogens with zero attached hydrogens (tertiary/aromatic N) is 5. The number of thiazole rings is 1. The Morgan fingerprint density at radius 1 is 1.32 bits per heavy atom. The standard InChI is InChI=1S/C15H20N6S/c1-4-13-19-14(11-8-18-21(3)15(11)20-13)16-7-5-6-12-10(2)17-9-22-12/h8-9H,4-7H2,1-3H3,(H,16,19,20). The normalized spacial score (nSPS) is 11.2. The first kappa shape index (κ1) is 14.9. The second-order valence-corrected chi connectivity index (χ2v) is 6.18. The van der Waals surface area contributed by atoms with Gasteiger partial charge in [-0.25, -0.2) is 15.0 Å². The molecule has 7 heteroatoms. The van der Waals surface area contributed by atoms with Crippen molar-refractivity contribution in [3.05, 3.63) is 28.1 Å². The summed E-state index contributed by atoms with van der Waals surface area (Å²) >= 11 is 1.73. The predicted octanol–water partition coefficient (Wildman–Crippen LogP) is 2.74. The van der Waals surface area contributed by atoms with Gasteiger partial charge in [0.15, 0.2) is 5.65 Å². The largest absolute Gasteiger partial charge is 0.369 e. The molecule has 0 fully saturated rings. The molecule has 0 radical (unpaired) electrons. The minimum absolute atomic E-state index is 0.815. The van der Waals surface area contributed by atoms with Gasteiger partial charge in [0.1, 0.15) is 11.6 Å². The molecular weight excluding hydrogens is 296 g/mol. The average Bonchev–Trinajstić information content (AvgIpc) is 3.10. The van der Waals surface area contributed by atoms with Gasteiger partial charge in [0.05, 0.1) is 22.8 Å². The van der Waals surface area contributed by atoms with Crippen LogP contribution < -0.4 is 5.32 Å². The Hall–Kier alpha value is -2.02. The van der Waals surface area contributed by atoms with Gasteiger partial charge in [-0.3, -0.25) is 4.68 Å². The highest BCUT2D eigenvalue weighted by Crippen LogP contribution is 2.20. The van der Waals surface area contributed by atoms with Crippen LogP contribution in [0.3, 0.4) is 0 Å². The number of nitrogens with one attached hydrogen (secondary N) is 1. The molecule has 1 N–H and O–H groups in total. The number of anilines is 1. The summed E-state index contributed by atoms with van der Waals surface area (Å²) in [6.07, 6.45) is 4.74. The van der Waals surface area contributed by atoms with Gasteiger partial charge in [0.2, 0.25) is 0 Å². The molecule has 0 aromatic carbocycles. The van der Waals surface area contributed by atoms with E-state index < -0.39 is 0 Å². The summed E-state index contributed by atoms with van der Waals surface area (Å²) in [5.41, 5.74) is 3.94. The van der Waals surface area contributed by atoms with Crippen molar-refractivity contribution < 1.29 is 0 Å². The Labute approximate surface area is 133 Å². The van der Waals surface area contributed by atoms with E-state index in [4.69, 9.17) is 0 Å². The van der Waals surface area contributed by atoms with Crippen LogP contribution in [-0.4, -0.2) is 31.3 Å². The number of fused-ring (bicyclic) bond motifs is 1. The fraction of sp³-hybridized carbons (Fsp3) is 0.467. The number of aromatic nitrogens is 5. The van der Waals surface area contributed by atoms with Gasteiger partial charge in [0.25, 0.3) is 0 Å². The lowest BCUT2D eigenvalue weighted by molar-refractivity contribution is 0.779. The molecular formula is C15H20N6S. The lowest BCUT2D eigenvalue weighted by atomic mass is 10.2. The van der Waals surface area contributed by atoms with Crippen LogP contribution in [0.5, 0.6) is 0 Å². The second-order valence-electron chi connectivity index (χ2n) is 5.24. The maximum absolute atomic E-state index is 4.60. The Bertz CT molecular complexity index is 776. The van der Waals surface area contributed by atoms with E-state index in [2.05, 4.69) is 39.2 Å². The third kappa shape index (κ3) is 2.94. The van der Waals surface area contributed by atoms with E-state index in [0.29, 0.717) is 0 Å². The van der Waals surface area contributed by atoms with E-state index in [-0.39, 0.29) is 0 Å². The molecule has 0 bridgehead atoms. The maximum atomic E-state index is 4.60. The molecule has 0 amide bonds. The molecule has 0 saturated carbocycles. The number of aryl methyl sites for hydroxylation is 4. The maximum Gasteiger partial charge on any atom is 0.163 e. The lowest BCUT2D eigenvalue weighted by Gasteiger charge is -2.08. The monoisotopic (exact) mass is 316 g/mol. The minimum atomic E-state index is 0.815. The smallest absolute Gasteiger partial charge is 0.163 e. The molecule has 116 valence electrons. The molecule has 0 aliphatic carbocycles. The molecule has 0 saturated heterocycles. The van der Waals surface area contributed by atoms with Gasteiger partial charge in [-0.15, -0.1) is 11.3 Å². The van der Waals surface area contributed by atoms with E-state index in [1.807, 2.05) is 18.8 Å². The second kappa shape index (κ2) is 6.39. The first-order chi connectivity index (χ1) is 10.7. The van der Waals surface area contributed by atoms with Crippen LogP contribution in [0.15, 0.2) is 11.7 Å². The van der Waals surface area contributed by atoms with Gasteiger partial charge in [0, 0.05) is 24.9 Å². The molecule has 0 atom stereocenters. The van der Waals surface area contributed by atoms with E-state index in [0.717, 1.165) is 54.2 Å².